The van der Waals surface area contributed by atoms with E-state index in [-0.39, 0.29) is 12.1 Å². The van der Waals surface area contributed by atoms with Crippen molar-refractivity contribution in [3.63, 3.8) is 0 Å². The number of allylic oxidation sites excluding steroid dienone is 1. The molecular formula is C25H20N2O3. The lowest BCUT2D eigenvalue weighted by Crippen LogP contribution is -2.30. The van der Waals surface area contributed by atoms with Crippen LogP contribution in [0.5, 0.6) is 0 Å². The first-order valence-corrected chi connectivity index (χ1v) is 9.60. The third-order valence-electron chi connectivity index (χ3n) is 4.99. The van der Waals surface area contributed by atoms with Gasteiger partial charge in [-0.25, -0.2) is 0 Å². The summed E-state index contributed by atoms with van der Waals surface area (Å²) in [7, 11) is 0. The Balaban J connectivity index is 1.70. The van der Waals surface area contributed by atoms with Gasteiger partial charge in [0.05, 0.1) is 11.6 Å². The predicted molar refractivity (Wildman–Crippen MR) is 114 cm³/mol. The second-order valence-corrected chi connectivity index (χ2v) is 6.98. The van der Waals surface area contributed by atoms with Gasteiger partial charge in [0.25, 0.3) is 5.91 Å². The number of rotatable bonds is 6. The molecule has 3 aromatic rings. The Bertz CT molecular complexity index is 1110. The summed E-state index contributed by atoms with van der Waals surface area (Å²) in [5.74, 6) is -1.49. The number of aliphatic hydroxyl groups is 1. The summed E-state index contributed by atoms with van der Waals surface area (Å²) in [6.45, 7) is 0.266. The molecule has 1 atom stereocenters. The molecule has 5 heteroatoms. The van der Waals surface area contributed by atoms with Gasteiger partial charge in [-0.05, 0) is 28.8 Å². The summed E-state index contributed by atoms with van der Waals surface area (Å²) < 4.78 is 0. The molecule has 2 heterocycles. The summed E-state index contributed by atoms with van der Waals surface area (Å²) in [6, 6.07) is 21.7. The van der Waals surface area contributed by atoms with E-state index in [2.05, 4.69) is 4.98 Å². The van der Waals surface area contributed by atoms with Crippen LogP contribution in [0.3, 0.4) is 0 Å². The molecule has 1 amide bonds. The van der Waals surface area contributed by atoms with Crippen LogP contribution in [0.15, 0.2) is 103 Å². The van der Waals surface area contributed by atoms with E-state index in [1.54, 1.807) is 30.6 Å². The molecule has 2 aromatic carbocycles. The van der Waals surface area contributed by atoms with Crippen molar-refractivity contribution >= 4 is 17.8 Å². The lowest BCUT2D eigenvalue weighted by molar-refractivity contribution is -0.130. The van der Waals surface area contributed by atoms with Crippen molar-refractivity contribution in [2.75, 3.05) is 0 Å². The second kappa shape index (κ2) is 8.57. The summed E-state index contributed by atoms with van der Waals surface area (Å²) in [4.78, 5) is 31.6. The Hall–Kier alpha value is -3.99. The Morgan fingerprint density at radius 3 is 2.37 bits per heavy atom. The van der Waals surface area contributed by atoms with Crippen molar-refractivity contribution in [1.29, 1.82) is 0 Å². The number of carbonyl (C=O) groups excluding carboxylic acids is 2. The van der Waals surface area contributed by atoms with Gasteiger partial charge in [-0.2, -0.15) is 0 Å². The first-order chi connectivity index (χ1) is 14.6. The number of hydrogen-bond donors (Lipinski definition) is 1. The number of nitrogens with zero attached hydrogens (tertiary/aromatic N) is 2. The van der Waals surface area contributed by atoms with Crippen molar-refractivity contribution in [2.24, 2.45) is 0 Å². The normalized spacial score (nSPS) is 16.5. The van der Waals surface area contributed by atoms with Crippen LogP contribution >= 0.6 is 0 Å². The molecule has 0 saturated carbocycles. The van der Waals surface area contributed by atoms with Crippen molar-refractivity contribution in [2.45, 2.75) is 12.6 Å². The molecule has 1 aromatic heterocycles. The van der Waals surface area contributed by atoms with Gasteiger partial charge in [0, 0.05) is 18.9 Å². The van der Waals surface area contributed by atoms with Gasteiger partial charge in [-0.1, -0.05) is 72.8 Å². The molecule has 1 aliphatic heterocycles. The highest BCUT2D eigenvalue weighted by Gasteiger charge is 2.42. The number of aliphatic hydroxyl groups excluding tert-OH is 1. The average molecular weight is 396 g/mol. The summed E-state index contributed by atoms with van der Waals surface area (Å²) >= 11 is 0. The van der Waals surface area contributed by atoms with Crippen molar-refractivity contribution < 1.29 is 14.7 Å². The van der Waals surface area contributed by atoms with E-state index < -0.39 is 23.5 Å². The lowest BCUT2D eigenvalue weighted by atomic mass is 9.96. The molecule has 1 unspecified atom stereocenters. The Morgan fingerprint density at radius 2 is 1.70 bits per heavy atom. The van der Waals surface area contributed by atoms with Crippen molar-refractivity contribution in [3.05, 3.63) is 119 Å². The number of benzene rings is 2. The van der Waals surface area contributed by atoms with Gasteiger partial charge in [-0.15, -0.1) is 0 Å². The van der Waals surface area contributed by atoms with E-state index in [9.17, 15) is 14.7 Å². The van der Waals surface area contributed by atoms with Crippen LogP contribution in [0.25, 0.3) is 6.08 Å². The average Bonchev–Trinajstić information content (AvgIpc) is 3.04. The Kier molecular flexibility index (Phi) is 5.52. The van der Waals surface area contributed by atoms with Crippen LogP contribution in [0.4, 0.5) is 0 Å². The topological polar surface area (TPSA) is 70.5 Å². The zero-order valence-corrected chi connectivity index (χ0v) is 16.2. The minimum absolute atomic E-state index is 0.0658. The SMILES string of the molecule is O=C(C=Cc1ccccc1)C1=C(O)C(=O)N(Cc2ccccc2)C1c1cccnc1. The standard InChI is InChI=1S/C25H20N2O3/c28-21(14-13-18-8-3-1-4-9-18)22-23(20-12-7-15-26-16-20)27(25(30)24(22)29)17-19-10-5-2-6-11-19/h1-16,23,29H,17H2. The summed E-state index contributed by atoms with van der Waals surface area (Å²) in [5.41, 5.74) is 2.49. The van der Waals surface area contributed by atoms with Gasteiger partial charge >= 0.3 is 0 Å². The molecule has 148 valence electrons. The van der Waals surface area contributed by atoms with E-state index >= 15 is 0 Å². The van der Waals surface area contributed by atoms with Crippen LogP contribution < -0.4 is 0 Å². The molecule has 1 aliphatic rings. The summed E-state index contributed by atoms with van der Waals surface area (Å²) in [5, 5.41) is 10.6. The Labute approximate surface area is 174 Å². The maximum absolute atomic E-state index is 13.1. The minimum atomic E-state index is -0.709. The molecule has 5 nitrogen and oxygen atoms in total. The predicted octanol–water partition coefficient (Wildman–Crippen LogP) is 4.26. The summed E-state index contributed by atoms with van der Waals surface area (Å²) in [6.07, 6.45) is 6.31. The van der Waals surface area contributed by atoms with Crippen LogP contribution in [-0.2, 0) is 16.1 Å². The fourth-order valence-corrected chi connectivity index (χ4v) is 3.56. The van der Waals surface area contributed by atoms with Crippen LogP contribution in [0, 0.1) is 0 Å². The first-order valence-electron chi connectivity index (χ1n) is 9.60. The van der Waals surface area contributed by atoms with E-state index in [1.165, 1.54) is 11.0 Å². The quantitative estimate of drug-likeness (QED) is 0.632. The molecule has 0 spiro atoms. The smallest absolute Gasteiger partial charge is 0.290 e. The third kappa shape index (κ3) is 3.91. The number of ketones is 1. The van der Waals surface area contributed by atoms with E-state index in [4.69, 9.17) is 0 Å². The number of pyridine rings is 1. The van der Waals surface area contributed by atoms with Gasteiger partial charge in [0.15, 0.2) is 11.5 Å². The van der Waals surface area contributed by atoms with Crippen molar-refractivity contribution in [1.82, 2.24) is 9.88 Å². The maximum atomic E-state index is 13.1. The van der Waals surface area contributed by atoms with E-state index in [1.807, 2.05) is 60.7 Å². The fraction of sp³-hybridized carbons (Fsp3) is 0.0800. The minimum Gasteiger partial charge on any atom is -0.503 e. The fourth-order valence-electron chi connectivity index (χ4n) is 3.56. The van der Waals surface area contributed by atoms with Gasteiger partial charge < -0.3 is 10.0 Å². The first kappa shape index (κ1) is 19.3. The molecule has 30 heavy (non-hydrogen) atoms. The van der Waals surface area contributed by atoms with Gasteiger partial charge in [0.1, 0.15) is 0 Å². The zero-order chi connectivity index (χ0) is 20.9. The number of hydrogen-bond acceptors (Lipinski definition) is 4. The van der Waals surface area contributed by atoms with Gasteiger partial charge in [0.2, 0.25) is 0 Å². The molecule has 0 bridgehead atoms. The highest BCUT2D eigenvalue weighted by atomic mass is 16.3. The molecule has 1 N–H and O–H groups in total. The second-order valence-electron chi connectivity index (χ2n) is 6.98. The number of carbonyl (C=O) groups is 2. The van der Waals surface area contributed by atoms with Crippen LogP contribution in [0.1, 0.15) is 22.7 Å². The highest BCUT2D eigenvalue weighted by molar-refractivity contribution is 6.14. The lowest BCUT2D eigenvalue weighted by Gasteiger charge is -2.26. The molecule has 4 rings (SSSR count). The van der Waals surface area contributed by atoms with Crippen LogP contribution in [0.2, 0.25) is 0 Å². The molecule has 0 fully saturated rings. The van der Waals surface area contributed by atoms with E-state index in [0.29, 0.717) is 5.56 Å². The molecule has 0 saturated heterocycles. The Morgan fingerprint density at radius 1 is 1.00 bits per heavy atom. The van der Waals surface area contributed by atoms with Gasteiger partial charge in [-0.3, -0.25) is 14.6 Å². The monoisotopic (exact) mass is 396 g/mol. The highest BCUT2D eigenvalue weighted by Crippen LogP contribution is 2.38. The third-order valence-corrected chi connectivity index (χ3v) is 4.99. The molecule has 0 radical (unpaired) electrons. The molecular weight excluding hydrogens is 376 g/mol. The largest absolute Gasteiger partial charge is 0.503 e. The zero-order valence-electron chi connectivity index (χ0n) is 16.2. The van der Waals surface area contributed by atoms with Crippen molar-refractivity contribution in [3.8, 4) is 0 Å². The number of amides is 1. The van der Waals surface area contributed by atoms with E-state index in [0.717, 1.165) is 11.1 Å². The molecule has 0 aliphatic carbocycles. The maximum Gasteiger partial charge on any atom is 0.290 e. The number of aromatic nitrogens is 1. The van der Waals surface area contributed by atoms with Crippen LogP contribution in [-0.4, -0.2) is 26.7 Å².